The Kier molecular flexibility index (Phi) is 11.4. The lowest BCUT2D eigenvalue weighted by Crippen LogP contribution is -2.37. The molecule has 0 aromatic heterocycles. The minimum absolute atomic E-state index is 0.00463. The number of carbonyl (C=O) groups excluding carboxylic acids is 1. The molecule has 142 valence electrons. The van der Waals surface area contributed by atoms with Crippen LogP contribution in [0.2, 0.25) is 0 Å². The summed E-state index contributed by atoms with van der Waals surface area (Å²) in [6, 6.07) is 2.96. The van der Waals surface area contributed by atoms with Gasteiger partial charge < -0.3 is 27.4 Å². The molecule has 1 atom stereocenters. The van der Waals surface area contributed by atoms with E-state index in [1.807, 2.05) is 0 Å². The second kappa shape index (κ2) is 12.4. The maximum Gasteiger partial charge on any atom is 0.321 e. The van der Waals surface area contributed by atoms with E-state index in [9.17, 15) is 14.7 Å². The molecule has 8 N–H and O–H groups in total. The van der Waals surface area contributed by atoms with Crippen LogP contribution in [0.3, 0.4) is 0 Å². The molecule has 0 radical (unpaired) electrons. The number of rotatable bonds is 3. The van der Waals surface area contributed by atoms with Gasteiger partial charge in [-0.05, 0) is 49.9 Å². The molecule has 7 heteroatoms. The Labute approximate surface area is 149 Å². The standard InChI is InChI=1S/C9H10O2.C6H13N.C3H8N2O2/c1-6-3-8(5-10)4-7(2)9(6)11;7-6-4-2-1-3-5-6;4-1-2(5)3(6)7/h3-5,11H,1-2H3;6H,1-5,7H2;2H,1,4-5H2,(H,6,7). The fourth-order valence-corrected chi connectivity index (χ4v) is 2.29. The number of carbonyl (C=O) groups is 2. The Bertz CT molecular complexity index is 520. The van der Waals surface area contributed by atoms with Crippen LogP contribution in [0, 0.1) is 13.8 Å². The van der Waals surface area contributed by atoms with E-state index in [4.69, 9.17) is 22.3 Å². The smallest absolute Gasteiger partial charge is 0.321 e. The first-order valence-electron chi connectivity index (χ1n) is 8.42. The average molecular weight is 353 g/mol. The molecule has 0 spiro atoms. The molecule has 1 saturated carbocycles. The second-order valence-corrected chi connectivity index (χ2v) is 6.20. The highest BCUT2D eigenvalue weighted by molar-refractivity contribution is 5.76. The van der Waals surface area contributed by atoms with Crippen LogP contribution < -0.4 is 17.2 Å². The number of hydrogen-bond donors (Lipinski definition) is 5. The van der Waals surface area contributed by atoms with Crippen molar-refractivity contribution in [3.63, 3.8) is 0 Å². The normalized spacial score (nSPS) is 15.1. The van der Waals surface area contributed by atoms with Crippen LogP contribution in [0.1, 0.15) is 53.6 Å². The molecule has 1 fully saturated rings. The van der Waals surface area contributed by atoms with Crippen molar-refractivity contribution >= 4 is 12.3 Å². The molecule has 1 aromatic carbocycles. The Balaban J connectivity index is 0.000000362. The van der Waals surface area contributed by atoms with Crippen molar-refractivity contribution in [2.75, 3.05) is 6.54 Å². The van der Waals surface area contributed by atoms with E-state index in [2.05, 4.69) is 0 Å². The van der Waals surface area contributed by atoms with Gasteiger partial charge in [-0.3, -0.25) is 9.59 Å². The second-order valence-electron chi connectivity index (χ2n) is 6.20. The summed E-state index contributed by atoms with van der Waals surface area (Å²) in [6.07, 6.45) is 7.44. The number of benzene rings is 1. The quantitative estimate of drug-likeness (QED) is 0.515. The number of aromatic hydroxyl groups is 1. The van der Waals surface area contributed by atoms with Crippen LogP contribution in [0.5, 0.6) is 5.75 Å². The molecule has 0 heterocycles. The van der Waals surface area contributed by atoms with Crippen LogP contribution in [0.4, 0.5) is 0 Å². The van der Waals surface area contributed by atoms with Gasteiger partial charge in [0.25, 0.3) is 0 Å². The number of carboxylic acid groups (broad SMARTS) is 1. The van der Waals surface area contributed by atoms with Crippen molar-refractivity contribution in [1.29, 1.82) is 0 Å². The monoisotopic (exact) mass is 353 g/mol. The molecule has 1 aromatic rings. The lowest BCUT2D eigenvalue weighted by Gasteiger charge is -2.15. The fourth-order valence-electron chi connectivity index (χ4n) is 2.29. The minimum atomic E-state index is -1.05. The number of aryl methyl sites for hydroxylation is 2. The summed E-state index contributed by atoms with van der Waals surface area (Å²) in [7, 11) is 0. The van der Waals surface area contributed by atoms with Crippen molar-refractivity contribution in [3.8, 4) is 5.75 Å². The number of nitrogens with two attached hydrogens (primary N) is 3. The van der Waals surface area contributed by atoms with E-state index in [0.29, 0.717) is 11.6 Å². The summed E-state index contributed by atoms with van der Waals surface area (Å²) < 4.78 is 0. The lowest BCUT2D eigenvalue weighted by atomic mass is 9.97. The van der Waals surface area contributed by atoms with E-state index < -0.39 is 12.0 Å². The van der Waals surface area contributed by atoms with Gasteiger partial charge in [0.05, 0.1) is 0 Å². The third-order valence-electron chi connectivity index (χ3n) is 3.87. The summed E-state index contributed by atoms with van der Waals surface area (Å²) in [5.41, 5.74) is 17.5. The van der Waals surface area contributed by atoms with Crippen molar-refractivity contribution in [2.24, 2.45) is 17.2 Å². The van der Waals surface area contributed by atoms with Crippen molar-refractivity contribution < 1.29 is 19.8 Å². The van der Waals surface area contributed by atoms with E-state index in [-0.39, 0.29) is 12.3 Å². The van der Waals surface area contributed by atoms with Gasteiger partial charge in [0.15, 0.2) is 0 Å². The van der Waals surface area contributed by atoms with Gasteiger partial charge in [-0.2, -0.15) is 0 Å². The highest BCUT2D eigenvalue weighted by atomic mass is 16.4. The van der Waals surface area contributed by atoms with Crippen LogP contribution in [0.25, 0.3) is 0 Å². The largest absolute Gasteiger partial charge is 0.507 e. The zero-order valence-corrected chi connectivity index (χ0v) is 15.1. The van der Waals surface area contributed by atoms with Crippen molar-refractivity contribution in [3.05, 3.63) is 28.8 Å². The predicted molar refractivity (Wildman–Crippen MR) is 98.7 cm³/mol. The van der Waals surface area contributed by atoms with Gasteiger partial charge >= 0.3 is 5.97 Å². The van der Waals surface area contributed by atoms with E-state index in [1.165, 1.54) is 32.1 Å². The Morgan fingerprint density at radius 1 is 1.24 bits per heavy atom. The first-order valence-corrected chi connectivity index (χ1v) is 8.42. The summed E-state index contributed by atoms with van der Waals surface area (Å²) >= 11 is 0. The van der Waals surface area contributed by atoms with Crippen LogP contribution in [-0.2, 0) is 4.79 Å². The van der Waals surface area contributed by atoms with Crippen molar-refractivity contribution in [1.82, 2.24) is 0 Å². The molecule has 1 unspecified atom stereocenters. The highest BCUT2D eigenvalue weighted by Crippen LogP contribution is 2.21. The minimum Gasteiger partial charge on any atom is -0.507 e. The Hall–Kier alpha value is -1.96. The Morgan fingerprint density at radius 2 is 1.72 bits per heavy atom. The van der Waals surface area contributed by atoms with Gasteiger partial charge in [-0.15, -0.1) is 0 Å². The summed E-state index contributed by atoms with van der Waals surface area (Å²) in [6.45, 7) is 3.54. The summed E-state index contributed by atoms with van der Waals surface area (Å²) in [5.74, 6) is -0.780. The van der Waals surface area contributed by atoms with Gasteiger partial charge in [0, 0.05) is 18.2 Å². The highest BCUT2D eigenvalue weighted by Gasteiger charge is 2.06. The third kappa shape index (κ3) is 9.81. The lowest BCUT2D eigenvalue weighted by molar-refractivity contribution is -0.138. The summed E-state index contributed by atoms with van der Waals surface area (Å²) in [4.78, 5) is 20.1. The SMILES string of the molecule is Cc1cc(C=O)cc(C)c1O.NC1CCCCC1.NCC(N)C(=O)O. The van der Waals surface area contributed by atoms with Gasteiger partial charge in [-0.1, -0.05) is 19.3 Å². The Morgan fingerprint density at radius 3 is 1.96 bits per heavy atom. The summed E-state index contributed by atoms with van der Waals surface area (Å²) in [5, 5.41) is 17.3. The maximum absolute atomic E-state index is 10.3. The molecule has 1 aliphatic rings. The third-order valence-corrected chi connectivity index (χ3v) is 3.87. The van der Waals surface area contributed by atoms with E-state index in [0.717, 1.165) is 17.4 Å². The molecule has 2 rings (SSSR count). The van der Waals surface area contributed by atoms with Crippen molar-refractivity contribution in [2.45, 2.75) is 58.0 Å². The molecule has 25 heavy (non-hydrogen) atoms. The fraction of sp³-hybridized carbons (Fsp3) is 0.556. The molecule has 0 bridgehead atoms. The molecule has 7 nitrogen and oxygen atoms in total. The number of carboxylic acids is 1. The van der Waals surface area contributed by atoms with Gasteiger partial charge in [0.1, 0.15) is 18.1 Å². The van der Waals surface area contributed by atoms with Gasteiger partial charge in [0.2, 0.25) is 0 Å². The number of phenolic OH excluding ortho intramolecular Hbond substituents is 1. The zero-order chi connectivity index (χ0) is 19.4. The van der Waals surface area contributed by atoms with Gasteiger partial charge in [-0.25, -0.2) is 0 Å². The molecule has 1 aliphatic carbocycles. The van der Waals surface area contributed by atoms with Crippen LogP contribution in [-0.4, -0.2) is 41.1 Å². The van der Waals surface area contributed by atoms with Crippen LogP contribution in [0.15, 0.2) is 12.1 Å². The number of aldehydes is 1. The molecule has 0 saturated heterocycles. The average Bonchev–Trinajstić information content (AvgIpc) is 2.60. The molecular formula is C18H31N3O4. The zero-order valence-electron chi connectivity index (χ0n) is 15.1. The molecule has 0 aliphatic heterocycles. The number of phenols is 1. The van der Waals surface area contributed by atoms with Crippen LogP contribution >= 0.6 is 0 Å². The number of aliphatic carboxylic acids is 1. The number of hydrogen-bond acceptors (Lipinski definition) is 6. The van der Waals surface area contributed by atoms with E-state index in [1.54, 1.807) is 26.0 Å². The van der Waals surface area contributed by atoms with E-state index >= 15 is 0 Å². The maximum atomic E-state index is 10.3. The topological polar surface area (TPSA) is 153 Å². The first-order chi connectivity index (χ1) is 11.7. The predicted octanol–water partition coefficient (Wildman–Crippen LogP) is 1.46. The first kappa shape index (κ1) is 23.0. The molecule has 0 amide bonds. The molecular weight excluding hydrogens is 322 g/mol.